The van der Waals surface area contributed by atoms with E-state index in [1.807, 2.05) is 49.4 Å². The fraction of sp³-hybridized carbons (Fsp3) is 0.158. The lowest BCUT2D eigenvalue weighted by Gasteiger charge is -2.04. The van der Waals surface area contributed by atoms with Crippen LogP contribution in [0.15, 0.2) is 58.9 Å². The molecule has 2 N–H and O–H groups in total. The molecule has 28 heavy (non-hydrogen) atoms. The first kappa shape index (κ1) is 19.8. The summed E-state index contributed by atoms with van der Waals surface area (Å²) in [5.41, 5.74) is 1.88. The van der Waals surface area contributed by atoms with E-state index in [9.17, 15) is 9.59 Å². The minimum absolute atomic E-state index is 0.120. The second kappa shape index (κ2) is 9.86. The third kappa shape index (κ3) is 6.36. The van der Waals surface area contributed by atoms with E-state index in [2.05, 4.69) is 20.8 Å². The van der Waals surface area contributed by atoms with Crippen molar-refractivity contribution in [2.24, 2.45) is 0 Å². The zero-order valence-corrected chi connectivity index (χ0v) is 16.7. The summed E-state index contributed by atoms with van der Waals surface area (Å²) in [5.74, 6) is 0.360. The van der Waals surface area contributed by atoms with Gasteiger partial charge in [-0.2, -0.15) is 0 Å². The largest absolute Gasteiger partial charge is 0.484 e. The molecule has 7 nitrogen and oxygen atoms in total. The molecule has 0 spiro atoms. The Morgan fingerprint density at radius 1 is 1.00 bits per heavy atom. The van der Waals surface area contributed by atoms with Crippen LogP contribution in [0.5, 0.6) is 5.75 Å². The number of aromatic nitrogens is 2. The molecule has 1 heterocycles. The van der Waals surface area contributed by atoms with Gasteiger partial charge in [0.05, 0.1) is 5.75 Å². The molecule has 0 atom stereocenters. The Kier molecular flexibility index (Phi) is 6.99. The second-order valence-corrected chi connectivity index (χ2v) is 7.93. The smallest absolute Gasteiger partial charge is 0.264 e. The Balaban J connectivity index is 1.41. The molecule has 0 aliphatic heterocycles. The van der Waals surface area contributed by atoms with E-state index in [0.717, 1.165) is 11.3 Å². The number of carbonyl (C=O) groups excluding carboxylic acids is 2. The van der Waals surface area contributed by atoms with Gasteiger partial charge in [0.2, 0.25) is 11.0 Å². The molecule has 144 valence electrons. The van der Waals surface area contributed by atoms with Crippen molar-refractivity contribution in [3.8, 4) is 5.75 Å². The number of anilines is 2. The van der Waals surface area contributed by atoms with Crippen molar-refractivity contribution in [2.75, 3.05) is 23.0 Å². The fourth-order valence-electron chi connectivity index (χ4n) is 2.10. The van der Waals surface area contributed by atoms with Gasteiger partial charge in [0.25, 0.3) is 5.91 Å². The maximum absolute atomic E-state index is 12.0. The molecule has 0 radical (unpaired) electrons. The molecule has 1 aromatic heterocycles. The van der Waals surface area contributed by atoms with Crippen molar-refractivity contribution in [2.45, 2.75) is 11.3 Å². The number of aryl methyl sites for hydroxylation is 1. The van der Waals surface area contributed by atoms with Crippen LogP contribution in [0.3, 0.4) is 0 Å². The van der Waals surface area contributed by atoms with E-state index >= 15 is 0 Å². The minimum atomic E-state index is -0.325. The van der Waals surface area contributed by atoms with Gasteiger partial charge < -0.3 is 10.1 Å². The van der Waals surface area contributed by atoms with Crippen LogP contribution in [0.1, 0.15) is 5.56 Å². The highest BCUT2D eigenvalue weighted by atomic mass is 32.2. The first-order valence-electron chi connectivity index (χ1n) is 8.39. The lowest BCUT2D eigenvalue weighted by Crippen LogP contribution is -2.20. The van der Waals surface area contributed by atoms with Gasteiger partial charge >= 0.3 is 0 Å². The number of amides is 2. The van der Waals surface area contributed by atoms with Gasteiger partial charge in [0, 0.05) is 5.69 Å². The number of thioether (sulfide) groups is 1. The first-order chi connectivity index (χ1) is 13.6. The summed E-state index contributed by atoms with van der Waals surface area (Å²) < 4.78 is 5.97. The SMILES string of the molecule is Cc1ccc(NC(=O)CSc2nnc(NC(=O)COc3ccccc3)s2)cc1. The summed E-state index contributed by atoms with van der Waals surface area (Å²) >= 11 is 2.47. The monoisotopic (exact) mass is 414 g/mol. The van der Waals surface area contributed by atoms with Crippen molar-refractivity contribution in [3.05, 3.63) is 60.2 Å². The highest BCUT2D eigenvalue weighted by molar-refractivity contribution is 8.01. The van der Waals surface area contributed by atoms with E-state index < -0.39 is 0 Å². The molecule has 3 aromatic rings. The molecule has 2 amide bonds. The van der Waals surface area contributed by atoms with Crippen LogP contribution >= 0.6 is 23.1 Å². The molecule has 0 saturated carbocycles. The Morgan fingerprint density at radius 2 is 1.75 bits per heavy atom. The van der Waals surface area contributed by atoms with Crippen LogP contribution < -0.4 is 15.4 Å². The summed E-state index contributed by atoms with van der Waals surface area (Å²) in [6.45, 7) is 1.87. The predicted octanol–water partition coefficient (Wildman–Crippen LogP) is 3.59. The summed E-state index contributed by atoms with van der Waals surface area (Å²) in [4.78, 5) is 23.9. The van der Waals surface area contributed by atoms with Crippen LogP contribution in [0, 0.1) is 6.92 Å². The molecular formula is C19H18N4O3S2. The summed E-state index contributed by atoms with van der Waals surface area (Å²) in [6, 6.07) is 16.7. The number of rotatable bonds is 8. The van der Waals surface area contributed by atoms with E-state index in [1.165, 1.54) is 23.1 Å². The van der Waals surface area contributed by atoms with E-state index in [4.69, 9.17) is 4.74 Å². The van der Waals surface area contributed by atoms with Crippen molar-refractivity contribution < 1.29 is 14.3 Å². The molecule has 9 heteroatoms. The molecule has 0 aliphatic rings. The maximum Gasteiger partial charge on any atom is 0.264 e. The van der Waals surface area contributed by atoms with Crippen molar-refractivity contribution >= 4 is 45.7 Å². The van der Waals surface area contributed by atoms with Gasteiger partial charge in [-0.25, -0.2) is 0 Å². The van der Waals surface area contributed by atoms with Crippen LogP contribution in [0.2, 0.25) is 0 Å². The Morgan fingerprint density at radius 3 is 2.50 bits per heavy atom. The summed E-state index contributed by atoms with van der Waals surface area (Å²) in [6.07, 6.45) is 0. The van der Waals surface area contributed by atoms with Gasteiger partial charge in [-0.05, 0) is 31.2 Å². The Hall–Kier alpha value is -2.91. The third-order valence-electron chi connectivity index (χ3n) is 3.43. The number of benzene rings is 2. The quantitative estimate of drug-likeness (QED) is 0.432. The minimum Gasteiger partial charge on any atom is -0.484 e. The van der Waals surface area contributed by atoms with Crippen molar-refractivity contribution in [1.82, 2.24) is 10.2 Å². The zero-order valence-electron chi connectivity index (χ0n) is 15.0. The van der Waals surface area contributed by atoms with Gasteiger partial charge in [0.1, 0.15) is 5.75 Å². The first-order valence-corrected chi connectivity index (χ1v) is 10.2. The third-order valence-corrected chi connectivity index (χ3v) is 5.40. The highest BCUT2D eigenvalue weighted by Gasteiger charge is 2.11. The van der Waals surface area contributed by atoms with Gasteiger partial charge in [0.15, 0.2) is 10.9 Å². The number of carbonyl (C=O) groups is 2. The standard InChI is InChI=1S/C19H18N4O3S2/c1-13-7-9-14(10-8-13)20-17(25)12-27-19-23-22-18(28-19)21-16(24)11-26-15-5-3-2-4-6-15/h2-10H,11-12H2,1H3,(H,20,25)(H,21,22,24). The molecule has 3 rings (SSSR count). The summed E-state index contributed by atoms with van der Waals surface area (Å²) in [7, 11) is 0. The molecule has 2 aromatic carbocycles. The van der Waals surface area contributed by atoms with Gasteiger partial charge in [-0.3, -0.25) is 14.9 Å². The number of ether oxygens (including phenoxy) is 1. The molecule has 0 aliphatic carbocycles. The normalized spacial score (nSPS) is 10.3. The van der Waals surface area contributed by atoms with E-state index in [0.29, 0.717) is 15.2 Å². The van der Waals surface area contributed by atoms with Crippen LogP contribution in [0.4, 0.5) is 10.8 Å². The highest BCUT2D eigenvalue weighted by Crippen LogP contribution is 2.25. The maximum atomic E-state index is 12.0. The fourth-order valence-corrected chi connectivity index (χ4v) is 3.67. The average molecular weight is 415 g/mol. The Bertz CT molecular complexity index is 930. The van der Waals surface area contributed by atoms with E-state index in [1.54, 1.807) is 12.1 Å². The number of hydrogen-bond donors (Lipinski definition) is 2. The molecule has 0 bridgehead atoms. The number of para-hydroxylation sites is 1. The van der Waals surface area contributed by atoms with Gasteiger partial charge in [-0.1, -0.05) is 59.0 Å². The average Bonchev–Trinajstić information content (AvgIpc) is 3.15. The topological polar surface area (TPSA) is 93.2 Å². The van der Waals surface area contributed by atoms with Crippen LogP contribution in [-0.4, -0.2) is 34.4 Å². The second-order valence-electron chi connectivity index (χ2n) is 5.73. The Labute approximate surface area is 170 Å². The van der Waals surface area contributed by atoms with Crippen molar-refractivity contribution in [1.29, 1.82) is 0 Å². The zero-order chi connectivity index (χ0) is 19.8. The van der Waals surface area contributed by atoms with Crippen molar-refractivity contribution in [3.63, 3.8) is 0 Å². The molecule has 0 unspecified atom stereocenters. The van der Waals surface area contributed by atoms with Crippen LogP contribution in [-0.2, 0) is 9.59 Å². The molecular weight excluding hydrogens is 396 g/mol. The lowest BCUT2D eigenvalue weighted by molar-refractivity contribution is -0.118. The number of nitrogens with one attached hydrogen (secondary N) is 2. The summed E-state index contributed by atoms with van der Waals surface area (Å²) in [5, 5.41) is 13.7. The molecule has 0 fully saturated rings. The number of nitrogens with zero attached hydrogens (tertiary/aromatic N) is 2. The molecule has 0 saturated heterocycles. The van der Waals surface area contributed by atoms with E-state index in [-0.39, 0.29) is 24.2 Å². The van der Waals surface area contributed by atoms with Gasteiger partial charge in [-0.15, -0.1) is 10.2 Å². The number of hydrogen-bond acceptors (Lipinski definition) is 7. The van der Waals surface area contributed by atoms with Crippen LogP contribution in [0.25, 0.3) is 0 Å². The predicted molar refractivity (Wildman–Crippen MR) is 111 cm³/mol. The lowest BCUT2D eigenvalue weighted by atomic mass is 10.2.